The predicted molar refractivity (Wildman–Crippen MR) is 91.4 cm³/mol. The Morgan fingerprint density at radius 1 is 1.33 bits per heavy atom. The van der Waals surface area contributed by atoms with E-state index in [-0.39, 0.29) is 12.2 Å². The van der Waals surface area contributed by atoms with E-state index in [0.717, 1.165) is 18.4 Å². The summed E-state index contributed by atoms with van der Waals surface area (Å²) in [7, 11) is 1.70. The van der Waals surface area contributed by atoms with Gasteiger partial charge < -0.3 is 14.4 Å². The average molecular weight is 330 g/mol. The number of likely N-dealkylation sites (tertiary alicyclic amines) is 1. The summed E-state index contributed by atoms with van der Waals surface area (Å²) in [4.78, 5) is 13.9. The van der Waals surface area contributed by atoms with Crippen molar-refractivity contribution in [1.29, 1.82) is 5.26 Å². The van der Waals surface area contributed by atoms with Crippen LogP contribution in [-0.4, -0.2) is 36.8 Å². The molecule has 1 aromatic rings. The zero-order valence-corrected chi connectivity index (χ0v) is 14.9. The smallest absolute Gasteiger partial charge is 0.410 e. The van der Waals surface area contributed by atoms with Crippen LogP contribution < -0.4 is 0 Å². The number of ether oxygens (including phenoxy) is 2. The second-order valence-corrected chi connectivity index (χ2v) is 7.20. The van der Waals surface area contributed by atoms with E-state index in [2.05, 4.69) is 6.07 Å². The lowest BCUT2D eigenvalue weighted by Crippen LogP contribution is -2.42. The summed E-state index contributed by atoms with van der Waals surface area (Å²) in [5.41, 5.74) is 1.19. The summed E-state index contributed by atoms with van der Waals surface area (Å²) in [6, 6.07) is 9.72. The minimum absolute atomic E-state index is 0.0564. The van der Waals surface area contributed by atoms with Crippen molar-refractivity contribution in [3.63, 3.8) is 0 Å². The van der Waals surface area contributed by atoms with Gasteiger partial charge >= 0.3 is 6.09 Å². The number of amides is 1. The number of hydrogen-bond acceptors (Lipinski definition) is 4. The number of nitriles is 1. The van der Waals surface area contributed by atoms with Crippen molar-refractivity contribution in [3.8, 4) is 6.07 Å². The average Bonchev–Trinajstić information content (AvgIpc) is 2.55. The molecule has 1 aliphatic rings. The highest BCUT2D eigenvalue weighted by Gasteiger charge is 2.31. The second-order valence-electron chi connectivity index (χ2n) is 7.20. The molecular formula is C19H26N2O3. The van der Waals surface area contributed by atoms with Gasteiger partial charge in [0.05, 0.1) is 17.7 Å². The molecular weight excluding hydrogens is 304 g/mol. The van der Waals surface area contributed by atoms with Crippen LogP contribution in [0.2, 0.25) is 0 Å². The fourth-order valence-electron chi connectivity index (χ4n) is 3.10. The van der Waals surface area contributed by atoms with Crippen LogP contribution in [0.25, 0.3) is 0 Å². The molecule has 1 aromatic carbocycles. The van der Waals surface area contributed by atoms with Crippen molar-refractivity contribution in [1.82, 2.24) is 4.90 Å². The van der Waals surface area contributed by atoms with Crippen molar-refractivity contribution in [2.75, 3.05) is 20.2 Å². The van der Waals surface area contributed by atoms with Crippen molar-refractivity contribution in [2.45, 2.75) is 45.3 Å². The number of piperidine rings is 1. The summed E-state index contributed by atoms with van der Waals surface area (Å²) in [5, 5.41) is 9.07. The summed E-state index contributed by atoms with van der Waals surface area (Å²) in [6.45, 7) is 6.96. The second kappa shape index (κ2) is 7.67. The van der Waals surface area contributed by atoms with E-state index >= 15 is 0 Å². The molecule has 1 heterocycles. The molecule has 0 radical (unpaired) electrons. The van der Waals surface area contributed by atoms with E-state index in [1.54, 1.807) is 18.1 Å². The molecule has 0 spiro atoms. The predicted octanol–water partition coefficient (Wildman–Crippen LogP) is 3.89. The van der Waals surface area contributed by atoms with E-state index in [1.165, 1.54) is 0 Å². The maximum Gasteiger partial charge on any atom is 0.410 e. The maximum absolute atomic E-state index is 12.1. The van der Waals surface area contributed by atoms with Crippen LogP contribution in [0.4, 0.5) is 4.79 Å². The van der Waals surface area contributed by atoms with Gasteiger partial charge in [-0.1, -0.05) is 12.1 Å². The number of hydrogen-bond donors (Lipinski definition) is 0. The molecule has 24 heavy (non-hydrogen) atoms. The van der Waals surface area contributed by atoms with Gasteiger partial charge in [0.25, 0.3) is 0 Å². The molecule has 0 bridgehead atoms. The van der Waals surface area contributed by atoms with Crippen LogP contribution in [0.5, 0.6) is 0 Å². The minimum atomic E-state index is -0.471. The zero-order valence-electron chi connectivity index (χ0n) is 14.9. The van der Waals surface area contributed by atoms with Gasteiger partial charge in [-0.05, 0) is 57.2 Å². The van der Waals surface area contributed by atoms with E-state index in [4.69, 9.17) is 14.7 Å². The van der Waals surface area contributed by atoms with Gasteiger partial charge in [0.1, 0.15) is 5.60 Å². The van der Waals surface area contributed by atoms with Crippen LogP contribution in [-0.2, 0) is 9.47 Å². The fraction of sp³-hybridized carbons (Fsp3) is 0.579. The first kappa shape index (κ1) is 18.3. The zero-order chi connectivity index (χ0) is 17.7. The monoisotopic (exact) mass is 330 g/mol. The van der Waals surface area contributed by atoms with E-state index in [0.29, 0.717) is 24.6 Å². The number of rotatable bonds is 3. The number of benzene rings is 1. The normalized spacial score (nSPS) is 17.2. The Balaban J connectivity index is 1.99. The first-order valence-corrected chi connectivity index (χ1v) is 8.35. The first-order valence-electron chi connectivity index (χ1n) is 8.35. The molecule has 5 heteroatoms. The van der Waals surface area contributed by atoms with Crippen LogP contribution in [0.1, 0.15) is 50.8 Å². The van der Waals surface area contributed by atoms with Gasteiger partial charge in [0.2, 0.25) is 0 Å². The number of methoxy groups -OCH3 is 1. The van der Waals surface area contributed by atoms with Crippen LogP contribution in [0, 0.1) is 17.2 Å². The van der Waals surface area contributed by atoms with Crippen molar-refractivity contribution >= 4 is 6.09 Å². The molecule has 0 saturated carbocycles. The lowest BCUT2D eigenvalue weighted by atomic mass is 9.87. The Morgan fingerprint density at radius 2 is 2.00 bits per heavy atom. The molecule has 0 aliphatic carbocycles. The molecule has 1 fully saturated rings. The van der Waals surface area contributed by atoms with Gasteiger partial charge in [-0.2, -0.15) is 5.26 Å². The first-order chi connectivity index (χ1) is 11.3. The van der Waals surface area contributed by atoms with Gasteiger partial charge in [0, 0.05) is 20.2 Å². The van der Waals surface area contributed by atoms with Gasteiger partial charge in [-0.3, -0.25) is 0 Å². The van der Waals surface area contributed by atoms with Crippen molar-refractivity contribution in [2.24, 2.45) is 5.92 Å². The third-order valence-corrected chi connectivity index (χ3v) is 4.22. The molecule has 1 unspecified atom stereocenters. The van der Waals surface area contributed by atoms with Gasteiger partial charge in [0.15, 0.2) is 0 Å². The minimum Gasteiger partial charge on any atom is -0.444 e. The Morgan fingerprint density at radius 3 is 2.54 bits per heavy atom. The Bertz CT molecular complexity index is 608. The van der Waals surface area contributed by atoms with E-state index in [9.17, 15) is 4.79 Å². The highest BCUT2D eigenvalue weighted by Crippen LogP contribution is 2.34. The maximum atomic E-state index is 12.1. The quantitative estimate of drug-likeness (QED) is 0.843. The summed E-state index contributed by atoms with van der Waals surface area (Å²) in [6.07, 6.45) is 1.41. The number of carbonyl (C=O) groups is 1. The molecule has 1 saturated heterocycles. The molecule has 1 aliphatic heterocycles. The molecule has 130 valence electrons. The Kier molecular flexibility index (Phi) is 5.84. The topological polar surface area (TPSA) is 62.6 Å². The Labute approximate surface area is 144 Å². The summed E-state index contributed by atoms with van der Waals surface area (Å²) >= 11 is 0. The van der Waals surface area contributed by atoms with Gasteiger partial charge in [-0.15, -0.1) is 0 Å². The standard InChI is InChI=1S/C19H26N2O3/c1-19(2,3)24-18(22)21-10-8-15(9-11-21)17(23-4)16-7-5-6-14(12-16)13-20/h5-7,12,15,17H,8-11H2,1-4H3. The molecule has 5 nitrogen and oxygen atoms in total. The van der Waals surface area contributed by atoms with Crippen LogP contribution >= 0.6 is 0 Å². The molecule has 1 atom stereocenters. The van der Waals surface area contributed by atoms with Crippen LogP contribution in [0.15, 0.2) is 24.3 Å². The molecule has 0 aromatic heterocycles. The third kappa shape index (κ3) is 4.72. The van der Waals surface area contributed by atoms with E-state index < -0.39 is 5.60 Å². The Hall–Kier alpha value is -2.06. The third-order valence-electron chi connectivity index (χ3n) is 4.22. The molecule has 1 amide bonds. The lowest BCUT2D eigenvalue weighted by molar-refractivity contribution is -0.00231. The van der Waals surface area contributed by atoms with E-state index in [1.807, 2.05) is 39.0 Å². The highest BCUT2D eigenvalue weighted by molar-refractivity contribution is 5.68. The number of nitrogens with zero attached hydrogens (tertiary/aromatic N) is 2. The lowest BCUT2D eigenvalue weighted by Gasteiger charge is -2.36. The fourth-order valence-corrected chi connectivity index (χ4v) is 3.10. The SMILES string of the molecule is COC(c1cccc(C#N)c1)C1CCN(C(=O)OC(C)(C)C)CC1. The van der Waals surface area contributed by atoms with Crippen LogP contribution in [0.3, 0.4) is 0 Å². The number of carbonyl (C=O) groups excluding carboxylic acids is 1. The summed E-state index contributed by atoms with van der Waals surface area (Å²) < 4.78 is 11.1. The van der Waals surface area contributed by atoms with Gasteiger partial charge in [-0.25, -0.2) is 4.79 Å². The molecule has 2 rings (SSSR count). The summed E-state index contributed by atoms with van der Waals surface area (Å²) in [5.74, 6) is 0.322. The largest absolute Gasteiger partial charge is 0.444 e. The van der Waals surface area contributed by atoms with Crippen molar-refractivity contribution in [3.05, 3.63) is 35.4 Å². The molecule has 0 N–H and O–H groups in total. The van der Waals surface area contributed by atoms with Crippen molar-refractivity contribution < 1.29 is 14.3 Å². The highest BCUT2D eigenvalue weighted by atomic mass is 16.6.